The molecule has 1 aliphatic carbocycles. The quantitative estimate of drug-likeness (QED) is 0.736. The van der Waals surface area contributed by atoms with Crippen molar-refractivity contribution in [1.82, 2.24) is 5.32 Å². The molecule has 0 aromatic heterocycles. The Balaban J connectivity index is 1.96. The number of carbonyl (C=O) groups excluding carboxylic acids is 1. The van der Waals surface area contributed by atoms with Crippen LogP contribution in [0.25, 0.3) is 0 Å². The molecule has 0 spiro atoms. The Morgan fingerprint density at radius 1 is 1.35 bits per heavy atom. The second-order valence-corrected chi connectivity index (χ2v) is 4.71. The third-order valence-electron chi connectivity index (χ3n) is 3.52. The standard InChI is InChI=1S/C13H17NO3/c15-9-13(6-3-7-13)8-14-12(17)10-4-1-2-5-11(10)16/h1-2,4-5,15-16H,3,6-9H2,(H,14,17). The maximum atomic E-state index is 11.8. The Morgan fingerprint density at radius 2 is 2.06 bits per heavy atom. The zero-order chi connectivity index (χ0) is 12.3. The number of aliphatic hydroxyl groups is 1. The van der Waals surface area contributed by atoms with Crippen molar-refractivity contribution in [3.8, 4) is 5.75 Å². The summed E-state index contributed by atoms with van der Waals surface area (Å²) in [6.45, 7) is 0.574. The fourth-order valence-corrected chi connectivity index (χ4v) is 2.10. The molecular formula is C13H17NO3. The van der Waals surface area contributed by atoms with E-state index in [0.29, 0.717) is 6.54 Å². The number of carbonyl (C=O) groups is 1. The van der Waals surface area contributed by atoms with Crippen LogP contribution in [0.1, 0.15) is 29.6 Å². The Kier molecular flexibility index (Phi) is 3.33. The maximum Gasteiger partial charge on any atom is 0.255 e. The van der Waals surface area contributed by atoms with Gasteiger partial charge in [-0.2, -0.15) is 0 Å². The highest BCUT2D eigenvalue weighted by Crippen LogP contribution is 2.39. The third-order valence-corrected chi connectivity index (χ3v) is 3.52. The van der Waals surface area contributed by atoms with Crippen molar-refractivity contribution in [3.05, 3.63) is 29.8 Å². The molecule has 17 heavy (non-hydrogen) atoms. The van der Waals surface area contributed by atoms with Crippen molar-refractivity contribution >= 4 is 5.91 Å². The molecule has 0 heterocycles. The van der Waals surface area contributed by atoms with Crippen LogP contribution in [0.4, 0.5) is 0 Å². The SMILES string of the molecule is O=C(NCC1(CO)CCC1)c1ccccc1O. The Bertz CT molecular complexity index is 407. The number of rotatable bonds is 4. The van der Waals surface area contributed by atoms with E-state index in [1.807, 2.05) is 0 Å². The summed E-state index contributed by atoms with van der Waals surface area (Å²) in [5.74, 6) is -0.306. The van der Waals surface area contributed by atoms with Gasteiger partial charge in [-0.15, -0.1) is 0 Å². The summed E-state index contributed by atoms with van der Waals surface area (Å²) in [4.78, 5) is 11.8. The highest BCUT2D eigenvalue weighted by atomic mass is 16.3. The van der Waals surface area contributed by atoms with Crippen molar-refractivity contribution in [2.75, 3.05) is 13.2 Å². The van der Waals surface area contributed by atoms with Crippen LogP contribution in [-0.4, -0.2) is 29.3 Å². The zero-order valence-corrected chi connectivity index (χ0v) is 9.65. The minimum atomic E-state index is -0.289. The number of nitrogens with one attached hydrogen (secondary N) is 1. The first kappa shape index (κ1) is 11.9. The molecule has 0 radical (unpaired) electrons. The second-order valence-electron chi connectivity index (χ2n) is 4.71. The van der Waals surface area contributed by atoms with Crippen LogP contribution in [0.3, 0.4) is 0 Å². The topological polar surface area (TPSA) is 69.6 Å². The van der Waals surface area contributed by atoms with E-state index >= 15 is 0 Å². The highest BCUT2D eigenvalue weighted by molar-refractivity contribution is 5.96. The molecule has 0 bridgehead atoms. The Labute approximate surface area is 100 Å². The van der Waals surface area contributed by atoms with Crippen molar-refractivity contribution in [2.45, 2.75) is 19.3 Å². The van der Waals surface area contributed by atoms with E-state index < -0.39 is 0 Å². The van der Waals surface area contributed by atoms with Gasteiger partial charge in [0.1, 0.15) is 5.75 Å². The van der Waals surface area contributed by atoms with E-state index in [0.717, 1.165) is 19.3 Å². The third kappa shape index (κ3) is 2.42. The zero-order valence-electron chi connectivity index (χ0n) is 9.65. The van der Waals surface area contributed by atoms with Gasteiger partial charge in [-0.1, -0.05) is 18.6 Å². The highest BCUT2D eigenvalue weighted by Gasteiger charge is 2.36. The molecule has 1 aromatic rings. The van der Waals surface area contributed by atoms with Gasteiger partial charge in [0.15, 0.2) is 0 Å². The summed E-state index contributed by atoms with van der Waals surface area (Å²) in [7, 11) is 0. The molecule has 2 rings (SSSR count). The van der Waals surface area contributed by atoms with Crippen LogP contribution in [0, 0.1) is 5.41 Å². The van der Waals surface area contributed by atoms with E-state index in [4.69, 9.17) is 0 Å². The number of aromatic hydroxyl groups is 1. The van der Waals surface area contributed by atoms with Crippen LogP contribution >= 0.6 is 0 Å². The molecule has 1 aliphatic rings. The van der Waals surface area contributed by atoms with Crippen LogP contribution in [0.2, 0.25) is 0 Å². The number of amides is 1. The molecule has 4 nitrogen and oxygen atoms in total. The average Bonchev–Trinajstić information content (AvgIpc) is 2.28. The molecule has 3 N–H and O–H groups in total. The predicted octanol–water partition coefficient (Wildman–Crippen LogP) is 1.28. The summed E-state index contributed by atoms with van der Waals surface area (Å²) in [5, 5.41) is 21.6. The van der Waals surface area contributed by atoms with Crippen molar-refractivity contribution in [2.24, 2.45) is 5.41 Å². The smallest absolute Gasteiger partial charge is 0.255 e. The number of phenolic OH excluding ortho intramolecular Hbond substituents is 1. The van der Waals surface area contributed by atoms with Gasteiger partial charge < -0.3 is 15.5 Å². The summed E-state index contributed by atoms with van der Waals surface area (Å²) < 4.78 is 0. The first-order valence-electron chi connectivity index (χ1n) is 5.84. The van der Waals surface area contributed by atoms with E-state index in [-0.39, 0.29) is 29.2 Å². The molecule has 0 atom stereocenters. The molecule has 92 valence electrons. The van der Waals surface area contributed by atoms with Crippen LogP contribution in [0.5, 0.6) is 5.75 Å². The lowest BCUT2D eigenvalue weighted by Gasteiger charge is -2.40. The summed E-state index contributed by atoms with van der Waals surface area (Å²) in [6.07, 6.45) is 3.00. The number of phenols is 1. The summed E-state index contributed by atoms with van der Waals surface area (Å²) >= 11 is 0. The number of hydrogen-bond acceptors (Lipinski definition) is 3. The van der Waals surface area contributed by atoms with E-state index in [1.54, 1.807) is 18.2 Å². The maximum absolute atomic E-state index is 11.8. The van der Waals surface area contributed by atoms with Gasteiger partial charge in [0, 0.05) is 12.0 Å². The first-order valence-corrected chi connectivity index (χ1v) is 5.84. The first-order chi connectivity index (χ1) is 8.17. The Hall–Kier alpha value is -1.55. The van der Waals surface area contributed by atoms with Gasteiger partial charge in [0.05, 0.1) is 12.2 Å². The summed E-state index contributed by atoms with van der Waals surface area (Å²) in [5.41, 5.74) is 0.139. The van der Waals surface area contributed by atoms with Crippen LogP contribution < -0.4 is 5.32 Å². The minimum Gasteiger partial charge on any atom is -0.507 e. The normalized spacial score (nSPS) is 17.2. The van der Waals surface area contributed by atoms with E-state index in [9.17, 15) is 15.0 Å². The fraction of sp³-hybridized carbons (Fsp3) is 0.462. The van der Waals surface area contributed by atoms with Gasteiger partial charge in [-0.25, -0.2) is 0 Å². The van der Waals surface area contributed by atoms with Gasteiger partial charge in [-0.05, 0) is 25.0 Å². The lowest BCUT2D eigenvalue weighted by atomic mass is 9.69. The van der Waals surface area contributed by atoms with Gasteiger partial charge >= 0.3 is 0 Å². The molecule has 1 amide bonds. The molecule has 0 unspecified atom stereocenters. The molecule has 0 aliphatic heterocycles. The van der Waals surface area contributed by atoms with Gasteiger partial charge in [0.25, 0.3) is 5.91 Å². The van der Waals surface area contributed by atoms with Crippen molar-refractivity contribution in [1.29, 1.82) is 0 Å². The molecule has 4 heteroatoms. The van der Waals surface area contributed by atoms with Gasteiger partial charge in [0.2, 0.25) is 0 Å². The van der Waals surface area contributed by atoms with E-state index in [1.165, 1.54) is 6.07 Å². The lowest BCUT2D eigenvalue weighted by molar-refractivity contribution is 0.0428. The largest absolute Gasteiger partial charge is 0.507 e. The van der Waals surface area contributed by atoms with Crippen LogP contribution in [0.15, 0.2) is 24.3 Å². The number of para-hydroxylation sites is 1. The van der Waals surface area contributed by atoms with Gasteiger partial charge in [-0.3, -0.25) is 4.79 Å². The average molecular weight is 235 g/mol. The molecule has 1 fully saturated rings. The molecular weight excluding hydrogens is 218 g/mol. The Morgan fingerprint density at radius 3 is 2.59 bits per heavy atom. The predicted molar refractivity (Wildman–Crippen MR) is 63.8 cm³/mol. The molecule has 1 saturated carbocycles. The molecule has 1 aromatic carbocycles. The minimum absolute atomic E-state index is 0.0170. The van der Waals surface area contributed by atoms with E-state index in [2.05, 4.69) is 5.32 Å². The summed E-state index contributed by atoms with van der Waals surface area (Å²) in [6, 6.07) is 6.45. The van der Waals surface area contributed by atoms with Crippen LogP contribution in [-0.2, 0) is 0 Å². The van der Waals surface area contributed by atoms with Crippen molar-refractivity contribution in [3.63, 3.8) is 0 Å². The van der Waals surface area contributed by atoms with Crippen molar-refractivity contribution < 1.29 is 15.0 Å². The molecule has 0 saturated heterocycles. The number of aliphatic hydroxyl groups excluding tert-OH is 1. The number of benzene rings is 1. The lowest BCUT2D eigenvalue weighted by Crippen LogP contribution is -2.44. The number of hydrogen-bond donors (Lipinski definition) is 3. The monoisotopic (exact) mass is 235 g/mol. The fourth-order valence-electron chi connectivity index (χ4n) is 2.10. The second kappa shape index (κ2) is 4.75.